The number of hydrogen-bond acceptors (Lipinski definition) is 6. The van der Waals surface area contributed by atoms with Crippen LogP contribution in [0.1, 0.15) is 40.5 Å². The maximum Gasteiger partial charge on any atom is 0.338 e. The van der Waals surface area contributed by atoms with Gasteiger partial charge in [0, 0.05) is 23.0 Å². The van der Waals surface area contributed by atoms with Crippen LogP contribution in [0.4, 0.5) is 5.69 Å². The number of halogens is 1. The third-order valence-electron chi connectivity index (χ3n) is 5.08. The molecule has 1 fully saturated rings. The Morgan fingerprint density at radius 3 is 2.72 bits per heavy atom. The Morgan fingerprint density at radius 2 is 2.00 bits per heavy atom. The number of rotatable bonds is 6. The summed E-state index contributed by atoms with van der Waals surface area (Å²) in [6.07, 6.45) is 1.96. The molecule has 7 nitrogen and oxygen atoms in total. The minimum Gasteiger partial charge on any atom is -0.462 e. The van der Waals surface area contributed by atoms with Crippen molar-refractivity contribution in [3.63, 3.8) is 0 Å². The zero-order valence-electron chi connectivity index (χ0n) is 17.6. The zero-order chi connectivity index (χ0) is 22.5. The molecule has 1 aliphatic heterocycles. The molecule has 3 aromatic rings. The van der Waals surface area contributed by atoms with Gasteiger partial charge in [0.05, 0.1) is 24.0 Å². The lowest BCUT2D eigenvalue weighted by Crippen LogP contribution is -2.34. The van der Waals surface area contributed by atoms with E-state index in [1.54, 1.807) is 37.3 Å². The summed E-state index contributed by atoms with van der Waals surface area (Å²) in [4.78, 5) is 29.4. The summed E-state index contributed by atoms with van der Waals surface area (Å²) in [6.45, 7) is 3.22. The first-order chi connectivity index (χ1) is 15.5. The van der Waals surface area contributed by atoms with Crippen molar-refractivity contribution in [2.45, 2.75) is 25.9 Å². The van der Waals surface area contributed by atoms with Crippen molar-refractivity contribution in [2.24, 2.45) is 4.99 Å². The van der Waals surface area contributed by atoms with Crippen LogP contribution in [-0.4, -0.2) is 37.7 Å². The Balaban J connectivity index is 1.69. The number of carbonyl (C=O) groups is 2. The highest BCUT2D eigenvalue weighted by atomic mass is 79.9. The molecule has 0 spiro atoms. The van der Waals surface area contributed by atoms with Crippen LogP contribution >= 0.6 is 15.9 Å². The van der Waals surface area contributed by atoms with Crippen LogP contribution in [0.5, 0.6) is 0 Å². The predicted molar refractivity (Wildman–Crippen MR) is 123 cm³/mol. The molecule has 4 rings (SSSR count). The van der Waals surface area contributed by atoms with Gasteiger partial charge in [-0.25, -0.2) is 9.79 Å². The van der Waals surface area contributed by atoms with Crippen LogP contribution in [-0.2, 0) is 9.47 Å². The number of fused-ring (bicyclic) bond motifs is 1. The van der Waals surface area contributed by atoms with E-state index in [1.807, 2.05) is 18.2 Å². The Kier molecular flexibility index (Phi) is 7.02. The van der Waals surface area contributed by atoms with Crippen LogP contribution in [0.2, 0.25) is 0 Å². The Morgan fingerprint density at radius 1 is 1.19 bits per heavy atom. The van der Waals surface area contributed by atoms with E-state index in [4.69, 9.17) is 13.9 Å². The normalized spacial score (nSPS) is 16.3. The van der Waals surface area contributed by atoms with E-state index >= 15 is 0 Å². The van der Waals surface area contributed by atoms with Crippen LogP contribution in [0, 0.1) is 0 Å². The quantitative estimate of drug-likeness (QED) is 0.504. The van der Waals surface area contributed by atoms with Crippen LogP contribution in [0.25, 0.3) is 11.0 Å². The van der Waals surface area contributed by atoms with E-state index in [0.717, 1.165) is 29.3 Å². The smallest absolute Gasteiger partial charge is 0.338 e. The molecule has 1 aromatic heterocycles. The lowest BCUT2D eigenvalue weighted by Gasteiger charge is -2.11. The second-order valence-electron chi connectivity index (χ2n) is 7.37. The number of carbonyl (C=O) groups excluding carboxylic acids is 2. The highest BCUT2D eigenvalue weighted by molar-refractivity contribution is 9.10. The van der Waals surface area contributed by atoms with Crippen molar-refractivity contribution in [1.82, 2.24) is 5.32 Å². The van der Waals surface area contributed by atoms with Crippen molar-refractivity contribution in [3.05, 3.63) is 69.7 Å². The topological polar surface area (TPSA) is 90.1 Å². The lowest BCUT2D eigenvalue weighted by molar-refractivity contribution is 0.0526. The van der Waals surface area contributed by atoms with Crippen molar-refractivity contribution in [2.75, 3.05) is 19.8 Å². The molecule has 1 saturated heterocycles. The number of ether oxygens (including phenoxy) is 2. The van der Waals surface area contributed by atoms with Crippen molar-refractivity contribution in [1.29, 1.82) is 0 Å². The van der Waals surface area contributed by atoms with Crippen molar-refractivity contribution < 1.29 is 23.5 Å². The van der Waals surface area contributed by atoms with Gasteiger partial charge in [0.25, 0.3) is 5.91 Å². The van der Waals surface area contributed by atoms with E-state index in [0.29, 0.717) is 35.5 Å². The van der Waals surface area contributed by atoms with E-state index in [1.165, 1.54) is 0 Å². The number of nitrogens with zero attached hydrogens (tertiary/aromatic N) is 1. The summed E-state index contributed by atoms with van der Waals surface area (Å²) in [5, 5.41) is 3.70. The molecule has 1 atom stereocenters. The van der Waals surface area contributed by atoms with E-state index in [-0.39, 0.29) is 17.6 Å². The van der Waals surface area contributed by atoms with E-state index in [2.05, 4.69) is 26.2 Å². The zero-order valence-corrected chi connectivity index (χ0v) is 19.2. The predicted octanol–water partition coefficient (Wildman–Crippen LogP) is 4.51. The summed E-state index contributed by atoms with van der Waals surface area (Å²) in [6, 6.07) is 14.0. The third-order valence-corrected chi connectivity index (χ3v) is 5.57. The highest BCUT2D eigenvalue weighted by Gasteiger charge is 2.18. The van der Waals surface area contributed by atoms with Gasteiger partial charge in [-0.1, -0.05) is 15.9 Å². The molecule has 1 aliphatic rings. The van der Waals surface area contributed by atoms with Gasteiger partial charge in [-0.05, 0) is 68.3 Å². The standard InChI is InChI=1S/C24H23BrN2O5/c1-2-30-24(29)15-5-8-18(9-6-15)27-23-20(22(28)26-14-19-4-3-11-31-19)13-16-12-17(25)7-10-21(16)32-23/h5-10,12-13,19H,2-4,11,14H2,1H3,(H,26,28). The van der Waals surface area contributed by atoms with Gasteiger partial charge in [-0.2, -0.15) is 0 Å². The summed E-state index contributed by atoms with van der Waals surface area (Å²) in [5.74, 6) is -0.678. The maximum atomic E-state index is 13.0. The fourth-order valence-electron chi connectivity index (χ4n) is 3.46. The molecule has 8 heteroatoms. The average Bonchev–Trinajstić information content (AvgIpc) is 3.31. The first-order valence-electron chi connectivity index (χ1n) is 10.5. The highest BCUT2D eigenvalue weighted by Crippen LogP contribution is 2.20. The van der Waals surface area contributed by atoms with Crippen LogP contribution < -0.4 is 10.9 Å². The van der Waals surface area contributed by atoms with Gasteiger partial charge in [-0.15, -0.1) is 0 Å². The van der Waals surface area contributed by atoms with E-state index in [9.17, 15) is 9.59 Å². The van der Waals surface area contributed by atoms with Gasteiger partial charge in [0.15, 0.2) is 0 Å². The maximum absolute atomic E-state index is 13.0. The molecule has 1 unspecified atom stereocenters. The number of nitrogens with one attached hydrogen (secondary N) is 1. The van der Waals surface area contributed by atoms with Crippen molar-refractivity contribution in [3.8, 4) is 0 Å². The molecule has 2 heterocycles. The second-order valence-corrected chi connectivity index (χ2v) is 8.29. The Hall–Kier alpha value is -2.97. The van der Waals surface area contributed by atoms with Gasteiger partial charge >= 0.3 is 5.97 Å². The molecule has 1 N–H and O–H groups in total. The Labute approximate surface area is 193 Å². The van der Waals surface area contributed by atoms with Crippen LogP contribution in [0.3, 0.4) is 0 Å². The summed E-state index contributed by atoms with van der Waals surface area (Å²) in [7, 11) is 0. The molecule has 0 radical (unpaired) electrons. The molecule has 0 aliphatic carbocycles. The monoisotopic (exact) mass is 498 g/mol. The Bertz CT molecular complexity index is 1200. The molecule has 0 bridgehead atoms. The fourth-order valence-corrected chi connectivity index (χ4v) is 3.84. The number of esters is 1. The van der Waals surface area contributed by atoms with Crippen molar-refractivity contribution >= 4 is 44.5 Å². The van der Waals surface area contributed by atoms with E-state index < -0.39 is 5.97 Å². The second kappa shape index (κ2) is 10.1. The lowest BCUT2D eigenvalue weighted by atomic mass is 10.1. The first kappa shape index (κ1) is 22.2. The van der Waals surface area contributed by atoms with Gasteiger partial charge in [0.2, 0.25) is 5.55 Å². The summed E-state index contributed by atoms with van der Waals surface area (Å²) < 4.78 is 17.5. The summed E-state index contributed by atoms with van der Waals surface area (Å²) >= 11 is 3.45. The fraction of sp³-hybridized carbons (Fsp3) is 0.292. The molecule has 32 heavy (non-hydrogen) atoms. The van der Waals surface area contributed by atoms with Gasteiger partial charge in [-0.3, -0.25) is 4.79 Å². The molecule has 2 aromatic carbocycles. The third kappa shape index (κ3) is 5.26. The minimum absolute atomic E-state index is 0.0290. The minimum atomic E-state index is -0.394. The SMILES string of the molecule is CCOC(=O)c1ccc(N=c2oc3ccc(Br)cc3cc2C(=O)NCC2CCCO2)cc1. The molecular formula is C24H23BrN2O5. The van der Waals surface area contributed by atoms with Gasteiger partial charge < -0.3 is 19.2 Å². The average molecular weight is 499 g/mol. The first-order valence-corrected chi connectivity index (χ1v) is 11.3. The summed E-state index contributed by atoms with van der Waals surface area (Å²) in [5.41, 5.74) is 2.09. The number of hydrogen-bond donors (Lipinski definition) is 1. The molecule has 0 saturated carbocycles. The molecule has 1 amide bonds. The number of amides is 1. The van der Waals surface area contributed by atoms with Crippen LogP contribution in [0.15, 0.2) is 62.4 Å². The molecule has 166 valence electrons. The number of benzene rings is 2. The molecular weight excluding hydrogens is 476 g/mol. The van der Waals surface area contributed by atoms with Gasteiger partial charge in [0.1, 0.15) is 11.1 Å². The largest absolute Gasteiger partial charge is 0.462 e.